The normalized spacial score (nSPS) is 16.5. The number of likely N-dealkylation sites (N-methyl/N-ethyl adjacent to an activating group) is 1. The van der Waals surface area contributed by atoms with Gasteiger partial charge in [0.05, 0.1) is 6.54 Å². The van der Waals surface area contributed by atoms with E-state index in [9.17, 15) is 4.79 Å². The Labute approximate surface area is 141 Å². The van der Waals surface area contributed by atoms with Gasteiger partial charge in [-0.1, -0.05) is 28.1 Å². The molecule has 1 heterocycles. The van der Waals surface area contributed by atoms with E-state index >= 15 is 0 Å². The number of amides is 1. The molecule has 1 aliphatic heterocycles. The monoisotopic (exact) mass is 375 g/mol. The molecular weight excluding hydrogens is 354 g/mol. The molecule has 1 N–H and O–H groups in total. The van der Waals surface area contributed by atoms with Gasteiger partial charge in [-0.25, -0.2) is 0 Å². The van der Waals surface area contributed by atoms with E-state index < -0.39 is 0 Å². The highest BCUT2D eigenvalue weighted by atomic mass is 79.9. The Hall–Kier alpha value is -0.620. The first kappa shape index (κ1) is 18.4. The Kier molecular flexibility index (Phi) is 7.66. The van der Waals surface area contributed by atoms with Crippen LogP contribution >= 0.6 is 28.3 Å². The van der Waals surface area contributed by atoms with Crippen LogP contribution in [-0.2, 0) is 4.79 Å². The van der Waals surface area contributed by atoms with Crippen LogP contribution in [0.4, 0.5) is 0 Å². The molecule has 1 aliphatic rings. The lowest BCUT2D eigenvalue weighted by atomic mass is 10.1. The summed E-state index contributed by atoms with van der Waals surface area (Å²) in [5, 5.41) is 3.26. The first-order valence-corrected chi connectivity index (χ1v) is 7.81. The van der Waals surface area contributed by atoms with Crippen LogP contribution in [0.1, 0.15) is 18.5 Å². The van der Waals surface area contributed by atoms with Crippen LogP contribution in [0, 0.1) is 0 Å². The molecule has 1 aromatic rings. The average molecular weight is 377 g/mol. The third-order valence-corrected chi connectivity index (χ3v) is 4.40. The van der Waals surface area contributed by atoms with E-state index in [-0.39, 0.29) is 24.4 Å². The number of rotatable bonds is 4. The van der Waals surface area contributed by atoms with Gasteiger partial charge < -0.3 is 10.2 Å². The zero-order chi connectivity index (χ0) is 14.5. The van der Waals surface area contributed by atoms with Crippen molar-refractivity contribution in [3.63, 3.8) is 0 Å². The van der Waals surface area contributed by atoms with Crippen LogP contribution in [-0.4, -0.2) is 55.5 Å². The predicted molar refractivity (Wildman–Crippen MR) is 91.9 cm³/mol. The highest BCUT2D eigenvalue weighted by molar-refractivity contribution is 9.10. The van der Waals surface area contributed by atoms with E-state index in [0.717, 1.165) is 30.7 Å². The Balaban J connectivity index is 0.00000220. The predicted octanol–water partition coefficient (Wildman–Crippen LogP) is 2.30. The molecule has 0 aliphatic carbocycles. The van der Waals surface area contributed by atoms with Gasteiger partial charge in [0.15, 0.2) is 0 Å². The van der Waals surface area contributed by atoms with Crippen LogP contribution in [0.25, 0.3) is 0 Å². The zero-order valence-electron chi connectivity index (χ0n) is 12.5. The van der Waals surface area contributed by atoms with E-state index in [0.29, 0.717) is 6.54 Å². The molecule has 0 aromatic heterocycles. The fourth-order valence-corrected chi connectivity index (χ4v) is 2.62. The SMILES string of the molecule is CC(c1ccc(Br)cc1)N(C)CC(=O)N1CCNCC1.Cl. The maximum absolute atomic E-state index is 12.2. The van der Waals surface area contributed by atoms with Gasteiger partial charge in [-0.15, -0.1) is 12.4 Å². The topological polar surface area (TPSA) is 35.6 Å². The maximum atomic E-state index is 12.2. The number of halogens is 2. The third kappa shape index (κ3) is 5.25. The second kappa shape index (κ2) is 8.73. The number of piperazine rings is 1. The summed E-state index contributed by atoms with van der Waals surface area (Å²) in [6.45, 7) is 6.04. The van der Waals surface area contributed by atoms with Crippen LogP contribution in [0.15, 0.2) is 28.7 Å². The first-order chi connectivity index (χ1) is 9.58. The fourth-order valence-electron chi connectivity index (χ4n) is 2.36. The van der Waals surface area contributed by atoms with Crippen molar-refractivity contribution in [1.29, 1.82) is 0 Å². The van der Waals surface area contributed by atoms with Crippen molar-refractivity contribution in [3.8, 4) is 0 Å². The molecule has 0 bridgehead atoms. The summed E-state index contributed by atoms with van der Waals surface area (Å²) in [5.41, 5.74) is 1.23. The lowest BCUT2D eigenvalue weighted by Crippen LogP contribution is -2.49. The summed E-state index contributed by atoms with van der Waals surface area (Å²) >= 11 is 3.44. The average Bonchev–Trinajstić information content (AvgIpc) is 2.48. The minimum absolute atomic E-state index is 0. The van der Waals surface area contributed by atoms with Crippen molar-refractivity contribution in [1.82, 2.24) is 15.1 Å². The van der Waals surface area contributed by atoms with Crippen molar-refractivity contribution in [2.75, 3.05) is 39.8 Å². The summed E-state index contributed by atoms with van der Waals surface area (Å²) in [6, 6.07) is 8.51. The van der Waals surface area contributed by atoms with Gasteiger partial charge in [0.1, 0.15) is 0 Å². The molecular formula is C15H23BrClN3O. The molecule has 1 atom stereocenters. The van der Waals surface area contributed by atoms with Crippen molar-refractivity contribution in [2.24, 2.45) is 0 Å². The molecule has 1 amide bonds. The molecule has 1 fully saturated rings. The molecule has 1 unspecified atom stereocenters. The summed E-state index contributed by atoms with van der Waals surface area (Å²) in [5.74, 6) is 0.220. The Morgan fingerprint density at radius 1 is 1.33 bits per heavy atom. The summed E-state index contributed by atoms with van der Waals surface area (Å²) in [7, 11) is 2.01. The highest BCUT2D eigenvalue weighted by Gasteiger charge is 2.20. The Morgan fingerprint density at radius 2 is 1.90 bits per heavy atom. The standard InChI is InChI=1S/C15H22BrN3O.ClH/c1-12(13-3-5-14(16)6-4-13)18(2)11-15(20)19-9-7-17-8-10-19;/h3-6,12,17H,7-11H2,1-2H3;1H. The molecule has 0 radical (unpaired) electrons. The van der Waals surface area contributed by atoms with Gasteiger partial charge in [-0.2, -0.15) is 0 Å². The Bertz CT molecular complexity index is 449. The van der Waals surface area contributed by atoms with Crippen LogP contribution in [0.2, 0.25) is 0 Å². The van der Waals surface area contributed by atoms with E-state index in [4.69, 9.17) is 0 Å². The van der Waals surface area contributed by atoms with Crippen molar-refractivity contribution in [3.05, 3.63) is 34.3 Å². The second-order valence-corrected chi connectivity index (χ2v) is 6.19. The molecule has 1 aromatic carbocycles. The molecule has 1 saturated heterocycles. The molecule has 0 saturated carbocycles. The lowest BCUT2D eigenvalue weighted by Gasteiger charge is -2.31. The van der Waals surface area contributed by atoms with Gasteiger partial charge in [0, 0.05) is 36.7 Å². The van der Waals surface area contributed by atoms with E-state index in [1.807, 2.05) is 24.1 Å². The number of benzene rings is 1. The second-order valence-electron chi connectivity index (χ2n) is 5.27. The smallest absolute Gasteiger partial charge is 0.236 e. The molecule has 118 valence electrons. The largest absolute Gasteiger partial charge is 0.339 e. The van der Waals surface area contributed by atoms with Crippen LogP contribution < -0.4 is 5.32 Å². The van der Waals surface area contributed by atoms with Gasteiger partial charge in [-0.05, 0) is 31.7 Å². The number of hydrogen-bond donors (Lipinski definition) is 1. The van der Waals surface area contributed by atoms with Gasteiger partial charge in [-0.3, -0.25) is 9.69 Å². The number of carbonyl (C=O) groups is 1. The van der Waals surface area contributed by atoms with Gasteiger partial charge in [0.25, 0.3) is 0 Å². The molecule has 2 rings (SSSR count). The van der Waals surface area contributed by atoms with Crippen molar-refractivity contribution in [2.45, 2.75) is 13.0 Å². The van der Waals surface area contributed by atoms with E-state index in [1.165, 1.54) is 5.56 Å². The lowest BCUT2D eigenvalue weighted by molar-refractivity contribution is -0.133. The zero-order valence-corrected chi connectivity index (χ0v) is 14.9. The number of nitrogens with one attached hydrogen (secondary N) is 1. The first-order valence-electron chi connectivity index (χ1n) is 7.02. The number of carbonyl (C=O) groups excluding carboxylic acids is 1. The van der Waals surface area contributed by atoms with Crippen LogP contribution in [0.5, 0.6) is 0 Å². The fraction of sp³-hybridized carbons (Fsp3) is 0.533. The molecule has 4 nitrogen and oxygen atoms in total. The molecule has 6 heteroatoms. The van der Waals surface area contributed by atoms with Gasteiger partial charge in [0.2, 0.25) is 5.91 Å². The minimum atomic E-state index is 0. The van der Waals surface area contributed by atoms with E-state index in [2.05, 4.69) is 45.2 Å². The summed E-state index contributed by atoms with van der Waals surface area (Å²) in [6.07, 6.45) is 0. The highest BCUT2D eigenvalue weighted by Crippen LogP contribution is 2.20. The number of hydrogen-bond acceptors (Lipinski definition) is 3. The summed E-state index contributed by atoms with van der Waals surface area (Å²) in [4.78, 5) is 16.3. The van der Waals surface area contributed by atoms with Gasteiger partial charge >= 0.3 is 0 Å². The third-order valence-electron chi connectivity index (χ3n) is 3.87. The molecule has 21 heavy (non-hydrogen) atoms. The maximum Gasteiger partial charge on any atom is 0.236 e. The van der Waals surface area contributed by atoms with Crippen molar-refractivity contribution >= 4 is 34.2 Å². The van der Waals surface area contributed by atoms with E-state index in [1.54, 1.807) is 0 Å². The van der Waals surface area contributed by atoms with Crippen LogP contribution in [0.3, 0.4) is 0 Å². The van der Waals surface area contributed by atoms with Crippen molar-refractivity contribution < 1.29 is 4.79 Å². The number of nitrogens with zero attached hydrogens (tertiary/aromatic N) is 2. The summed E-state index contributed by atoms with van der Waals surface area (Å²) < 4.78 is 1.08. The molecule has 0 spiro atoms. The quantitative estimate of drug-likeness (QED) is 0.876. The Morgan fingerprint density at radius 3 is 2.48 bits per heavy atom. The minimum Gasteiger partial charge on any atom is -0.339 e.